The third kappa shape index (κ3) is 2.75. The molecule has 2 heterocycles. The van der Waals surface area contributed by atoms with Gasteiger partial charge in [0.15, 0.2) is 0 Å². The van der Waals surface area contributed by atoms with E-state index in [-0.39, 0.29) is 5.82 Å². The first-order valence-electron chi connectivity index (χ1n) is 8.04. The molecule has 3 rings (SSSR count). The van der Waals surface area contributed by atoms with Gasteiger partial charge in [-0.25, -0.2) is 4.39 Å². The minimum absolute atomic E-state index is 0.140. The highest BCUT2D eigenvalue weighted by molar-refractivity contribution is 5.21. The maximum Gasteiger partial charge on any atom is 0.123 e. The van der Waals surface area contributed by atoms with E-state index >= 15 is 0 Å². The maximum atomic E-state index is 13.1. The van der Waals surface area contributed by atoms with Crippen molar-refractivity contribution in [2.75, 3.05) is 13.1 Å². The summed E-state index contributed by atoms with van der Waals surface area (Å²) in [5.74, 6) is -0.140. The van der Waals surface area contributed by atoms with Crippen molar-refractivity contribution in [1.29, 1.82) is 0 Å². The van der Waals surface area contributed by atoms with Crippen molar-refractivity contribution in [2.24, 2.45) is 0 Å². The van der Waals surface area contributed by atoms with E-state index in [1.165, 1.54) is 44.3 Å². The lowest BCUT2D eigenvalue weighted by molar-refractivity contribution is 0.148. The summed E-state index contributed by atoms with van der Waals surface area (Å²) in [4.78, 5) is 2.66. The van der Waals surface area contributed by atoms with Crippen molar-refractivity contribution < 1.29 is 4.39 Å². The molecule has 2 nitrogen and oxygen atoms in total. The molecule has 0 amide bonds. The van der Waals surface area contributed by atoms with E-state index in [2.05, 4.69) is 17.1 Å². The number of hydrogen-bond donors (Lipinski definition) is 1. The number of halogens is 1. The molecule has 0 saturated carbocycles. The van der Waals surface area contributed by atoms with Crippen molar-refractivity contribution in [2.45, 2.75) is 57.2 Å². The Bertz CT molecular complexity index is 425. The van der Waals surface area contributed by atoms with Crippen molar-refractivity contribution >= 4 is 0 Å². The zero-order valence-electron chi connectivity index (χ0n) is 12.3. The van der Waals surface area contributed by atoms with Crippen LogP contribution in [-0.2, 0) is 0 Å². The third-order valence-corrected chi connectivity index (χ3v) is 4.95. The van der Waals surface area contributed by atoms with Crippen LogP contribution in [0, 0.1) is 5.82 Å². The molecular weight excluding hydrogens is 251 g/mol. The van der Waals surface area contributed by atoms with Crippen LogP contribution in [0.4, 0.5) is 4.39 Å². The van der Waals surface area contributed by atoms with Crippen LogP contribution in [-0.4, -0.2) is 30.1 Å². The number of nitrogens with one attached hydrogen (secondary N) is 1. The quantitative estimate of drug-likeness (QED) is 0.905. The Morgan fingerprint density at radius 1 is 1.25 bits per heavy atom. The second-order valence-electron chi connectivity index (χ2n) is 6.13. The van der Waals surface area contributed by atoms with Gasteiger partial charge < -0.3 is 5.32 Å². The van der Waals surface area contributed by atoms with Crippen LogP contribution in [0.15, 0.2) is 24.3 Å². The van der Waals surface area contributed by atoms with Gasteiger partial charge in [-0.15, -0.1) is 0 Å². The van der Waals surface area contributed by atoms with Gasteiger partial charge in [0.1, 0.15) is 5.82 Å². The van der Waals surface area contributed by atoms with E-state index in [0.717, 1.165) is 6.42 Å². The first-order valence-corrected chi connectivity index (χ1v) is 8.04. The fourth-order valence-electron chi connectivity index (χ4n) is 4.02. The zero-order chi connectivity index (χ0) is 13.9. The van der Waals surface area contributed by atoms with Crippen molar-refractivity contribution in [3.63, 3.8) is 0 Å². The summed E-state index contributed by atoms with van der Waals surface area (Å²) in [6.07, 6.45) is 6.30. The number of likely N-dealkylation sites (tertiary alicyclic amines) is 1. The summed E-state index contributed by atoms with van der Waals surface area (Å²) in [5, 5.41) is 3.67. The Morgan fingerprint density at radius 2 is 2.05 bits per heavy atom. The lowest BCUT2D eigenvalue weighted by Crippen LogP contribution is -2.45. The lowest BCUT2D eigenvalue weighted by atomic mass is 9.98. The zero-order valence-corrected chi connectivity index (χ0v) is 12.3. The molecule has 2 saturated heterocycles. The van der Waals surface area contributed by atoms with Crippen molar-refractivity contribution in [3.8, 4) is 0 Å². The Labute approximate surface area is 121 Å². The predicted molar refractivity (Wildman–Crippen MR) is 80.2 cm³/mol. The summed E-state index contributed by atoms with van der Waals surface area (Å²) in [7, 11) is 0. The third-order valence-electron chi connectivity index (χ3n) is 4.95. The first-order chi connectivity index (χ1) is 9.79. The molecule has 20 heavy (non-hydrogen) atoms. The lowest BCUT2D eigenvalue weighted by Gasteiger charge is -2.36. The maximum absolute atomic E-state index is 13.1. The minimum atomic E-state index is -0.140. The molecule has 1 aromatic carbocycles. The van der Waals surface area contributed by atoms with Gasteiger partial charge in [0.05, 0.1) is 0 Å². The predicted octanol–water partition coefficient (Wildman–Crippen LogP) is 3.49. The molecule has 0 aromatic heterocycles. The van der Waals surface area contributed by atoms with Gasteiger partial charge in [0, 0.05) is 18.1 Å². The second kappa shape index (κ2) is 6.23. The van der Waals surface area contributed by atoms with Crippen molar-refractivity contribution in [1.82, 2.24) is 10.2 Å². The Balaban J connectivity index is 1.78. The van der Waals surface area contributed by atoms with Gasteiger partial charge in [0.2, 0.25) is 0 Å². The van der Waals surface area contributed by atoms with E-state index in [1.807, 2.05) is 12.1 Å². The number of nitrogens with zero attached hydrogens (tertiary/aromatic N) is 1. The molecule has 3 unspecified atom stereocenters. The van der Waals surface area contributed by atoms with Gasteiger partial charge in [-0.05, 0) is 62.9 Å². The van der Waals surface area contributed by atoms with Gasteiger partial charge in [-0.3, -0.25) is 4.90 Å². The molecule has 0 radical (unpaired) electrons. The summed E-state index contributed by atoms with van der Waals surface area (Å²) in [6, 6.07) is 8.86. The van der Waals surface area contributed by atoms with Crippen LogP contribution in [0.3, 0.4) is 0 Å². The summed E-state index contributed by atoms with van der Waals surface area (Å²) >= 11 is 0. The fraction of sp³-hybridized carbons (Fsp3) is 0.647. The minimum Gasteiger partial charge on any atom is -0.312 e. The highest BCUT2D eigenvalue weighted by Gasteiger charge is 2.36. The normalized spacial score (nSPS) is 28.9. The summed E-state index contributed by atoms with van der Waals surface area (Å²) < 4.78 is 13.1. The van der Waals surface area contributed by atoms with Crippen LogP contribution >= 0.6 is 0 Å². The molecule has 2 fully saturated rings. The van der Waals surface area contributed by atoms with Crippen LogP contribution < -0.4 is 5.32 Å². The SMILES string of the molecule is CCC(c1ccc(F)cc1)N1CCCC1C1CCCN1. The average molecular weight is 276 g/mol. The largest absolute Gasteiger partial charge is 0.312 e. The smallest absolute Gasteiger partial charge is 0.123 e. The van der Waals surface area contributed by atoms with E-state index < -0.39 is 0 Å². The van der Waals surface area contributed by atoms with E-state index in [9.17, 15) is 4.39 Å². The molecule has 1 aromatic rings. The number of rotatable bonds is 4. The molecule has 3 heteroatoms. The van der Waals surface area contributed by atoms with Crippen molar-refractivity contribution in [3.05, 3.63) is 35.6 Å². The molecule has 1 N–H and O–H groups in total. The summed E-state index contributed by atoms with van der Waals surface area (Å²) in [5.41, 5.74) is 1.26. The number of benzene rings is 1. The van der Waals surface area contributed by atoms with Crippen LogP contribution in [0.2, 0.25) is 0 Å². The van der Waals surface area contributed by atoms with Crippen LogP contribution in [0.25, 0.3) is 0 Å². The van der Waals surface area contributed by atoms with E-state index in [1.54, 1.807) is 12.1 Å². The van der Waals surface area contributed by atoms with Gasteiger partial charge >= 0.3 is 0 Å². The average Bonchev–Trinajstić information content (AvgIpc) is 3.12. The Morgan fingerprint density at radius 3 is 2.70 bits per heavy atom. The fourth-order valence-corrected chi connectivity index (χ4v) is 4.02. The Kier molecular flexibility index (Phi) is 4.37. The monoisotopic (exact) mass is 276 g/mol. The van der Waals surface area contributed by atoms with Crippen LogP contribution in [0.1, 0.15) is 50.6 Å². The molecule has 2 aliphatic heterocycles. The van der Waals surface area contributed by atoms with Crippen LogP contribution in [0.5, 0.6) is 0 Å². The van der Waals surface area contributed by atoms with Gasteiger partial charge in [-0.1, -0.05) is 19.1 Å². The first kappa shape index (κ1) is 14.0. The molecular formula is C17H25FN2. The van der Waals surface area contributed by atoms with E-state index in [0.29, 0.717) is 18.1 Å². The molecule has 0 aliphatic carbocycles. The summed E-state index contributed by atoms with van der Waals surface area (Å²) in [6.45, 7) is 4.59. The molecule has 3 atom stereocenters. The molecule has 2 aliphatic rings. The highest BCUT2D eigenvalue weighted by Crippen LogP contribution is 2.34. The second-order valence-corrected chi connectivity index (χ2v) is 6.13. The standard InChI is InChI=1S/C17H25FN2/c1-2-16(13-7-9-14(18)10-8-13)20-12-4-6-17(20)15-5-3-11-19-15/h7-10,15-17,19H,2-6,11-12H2,1H3. The topological polar surface area (TPSA) is 15.3 Å². The highest BCUT2D eigenvalue weighted by atomic mass is 19.1. The molecule has 0 spiro atoms. The van der Waals surface area contributed by atoms with E-state index in [4.69, 9.17) is 0 Å². The van der Waals surface area contributed by atoms with Gasteiger partial charge in [-0.2, -0.15) is 0 Å². The number of hydrogen-bond acceptors (Lipinski definition) is 2. The molecule has 0 bridgehead atoms. The Hall–Kier alpha value is -0.930. The molecule has 110 valence electrons. The van der Waals surface area contributed by atoms with Gasteiger partial charge in [0.25, 0.3) is 0 Å².